The molecule has 0 atom stereocenters. The van der Waals surface area contributed by atoms with Gasteiger partial charge in [0.1, 0.15) is 5.82 Å². The highest BCUT2D eigenvalue weighted by atomic mass is 127. The molecule has 1 aliphatic rings. The number of nitrogens with zero attached hydrogens (tertiary/aromatic N) is 4. The average Bonchev–Trinajstić information content (AvgIpc) is 3.23. The van der Waals surface area contributed by atoms with E-state index in [-0.39, 0.29) is 42.2 Å². The highest BCUT2D eigenvalue weighted by Crippen LogP contribution is 2.22. The molecule has 31 heavy (non-hydrogen) atoms. The van der Waals surface area contributed by atoms with Crippen molar-refractivity contribution in [1.29, 1.82) is 0 Å². The molecular weight excluding hydrogens is 510 g/mol. The largest absolute Gasteiger partial charge is 0.356 e. The molecule has 1 amide bonds. The third kappa shape index (κ3) is 8.12. The Labute approximate surface area is 200 Å². The molecule has 3 rings (SSSR count). The van der Waals surface area contributed by atoms with Gasteiger partial charge in [-0.15, -0.1) is 24.0 Å². The quantitative estimate of drug-likeness (QED) is 0.320. The first kappa shape index (κ1) is 25.1. The van der Waals surface area contributed by atoms with E-state index in [1.807, 2.05) is 12.3 Å². The fourth-order valence-corrected chi connectivity index (χ4v) is 3.47. The SMILES string of the molecule is CN(C)C(=O)CNC(=NCc1ccn(-c2ccc(F)cc2)n1)NCC1CCCCC1.I. The summed E-state index contributed by atoms with van der Waals surface area (Å²) in [5, 5.41) is 11.0. The highest BCUT2D eigenvalue weighted by Gasteiger charge is 2.14. The maximum atomic E-state index is 13.1. The van der Waals surface area contributed by atoms with Gasteiger partial charge in [0.05, 0.1) is 24.5 Å². The molecule has 0 radical (unpaired) electrons. The lowest BCUT2D eigenvalue weighted by atomic mass is 9.89. The molecule has 2 aromatic rings. The highest BCUT2D eigenvalue weighted by molar-refractivity contribution is 14.0. The summed E-state index contributed by atoms with van der Waals surface area (Å²) in [6.45, 7) is 1.42. The van der Waals surface area contributed by atoms with Gasteiger partial charge in [0.2, 0.25) is 5.91 Å². The van der Waals surface area contributed by atoms with Gasteiger partial charge in [-0.2, -0.15) is 5.10 Å². The van der Waals surface area contributed by atoms with Crippen LogP contribution in [0.1, 0.15) is 37.8 Å². The zero-order valence-corrected chi connectivity index (χ0v) is 20.5. The van der Waals surface area contributed by atoms with Crippen LogP contribution >= 0.6 is 24.0 Å². The van der Waals surface area contributed by atoms with Crippen LogP contribution in [0.15, 0.2) is 41.5 Å². The molecule has 7 nitrogen and oxygen atoms in total. The summed E-state index contributed by atoms with van der Waals surface area (Å²) in [5.41, 5.74) is 1.58. The number of likely N-dealkylation sites (N-methyl/N-ethyl adjacent to an activating group) is 1. The second-order valence-electron chi connectivity index (χ2n) is 7.92. The number of aliphatic imine (C=N–C) groups is 1. The maximum Gasteiger partial charge on any atom is 0.241 e. The third-order valence-corrected chi connectivity index (χ3v) is 5.32. The monoisotopic (exact) mass is 542 g/mol. The Balaban J connectivity index is 0.00000341. The Hall–Kier alpha value is -2.17. The summed E-state index contributed by atoms with van der Waals surface area (Å²) >= 11 is 0. The summed E-state index contributed by atoms with van der Waals surface area (Å²) in [5.74, 6) is 0.977. The molecule has 9 heteroatoms. The van der Waals surface area contributed by atoms with Gasteiger partial charge in [-0.3, -0.25) is 4.79 Å². The van der Waals surface area contributed by atoms with E-state index in [0.29, 0.717) is 18.4 Å². The second kappa shape index (κ2) is 12.6. The summed E-state index contributed by atoms with van der Waals surface area (Å²) in [7, 11) is 3.47. The molecule has 1 fully saturated rings. The smallest absolute Gasteiger partial charge is 0.241 e. The Morgan fingerprint density at radius 2 is 1.87 bits per heavy atom. The maximum absolute atomic E-state index is 13.1. The van der Waals surface area contributed by atoms with Gasteiger partial charge in [0.25, 0.3) is 0 Å². The van der Waals surface area contributed by atoms with Crippen molar-refractivity contribution in [3.63, 3.8) is 0 Å². The molecule has 0 unspecified atom stereocenters. The van der Waals surface area contributed by atoms with Crippen molar-refractivity contribution in [2.75, 3.05) is 27.2 Å². The Kier molecular flexibility index (Phi) is 10.2. The second-order valence-corrected chi connectivity index (χ2v) is 7.92. The van der Waals surface area contributed by atoms with E-state index in [1.54, 1.807) is 35.8 Å². The third-order valence-electron chi connectivity index (χ3n) is 5.32. The molecule has 0 aliphatic heterocycles. The molecule has 2 N–H and O–H groups in total. The Morgan fingerprint density at radius 3 is 2.55 bits per heavy atom. The molecule has 1 aliphatic carbocycles. The van der Waals surface area contributed by atoms with Crippen LogP contribution in [0.2, 0.25) is 0 Å². The molecule has 0 bridgehead atoms. The summed E-state index contributed by atoms with van der Waals surface area (Å²) < 4.78 is 14.8. The molecule has 170 valence electrons. The molecule has 0 saturated heterocycles. The first-order chi connectivity index (χ1) is 14.5. The van der Waals surface area contributed by atoms with Crippen LogP contribution in [0.3, 0.4) is 0 Å². The van der Waals surface area contributed by atoms with Gasteiger partial charge >= 0.3 is 0 Å². The van der Waals surface area contributed by atoms with Crippen LogP contribution in [0.4, 0.5) is 4.39 Å². The standard InChI is InChI=1S/C22H31FN6O.HI/c1-28(2)21(30)16-26-22(24-14-17-6-4-3-5-7-17)25-15-19-12-13-29(27-19)20-10-8-18(23)9-11-20;/h8-13,17H,3-7,14-16H2,1-2H3,(H2,24,25,26);1H. The summed E-state index contributed by atoms with van der Waals surface area (Å²) in [6.07, 6.45) is 8.19. The Morgan fingerprint density at radius 1 is 1.16 bits per heavy atom. The van der Waals surface area contributed by atoms with Crippen molar-refractivity contribution in [2.24, 2.45) is 10.9 Å². The molecule has 1 aromatic heterocycles. The van der Waals surface area contributed by atoms with E-state index in [1.165, 1.54) is 44.2 Å². The number of guanidine groups is 1. The van der Waals surface area contributed by atoms with Gasteiger partial charge in [-0.05, 0) is 49.1 Å². The fraction of sp³-hybridized carbons (Fsp3) is 0.500. The number of benzene rings is 1. The van der Waals surface area contributed by atoms with Crippen LogP contribution in [0.5, 0.6) is 0 Å². The summed E-state index contributed by atoms with van der Waals surface area (Å²) in [4.78, 5) is 18.1. The zero-order chi connectivity index (χ0) is 21.3. The van der Waals surface area contributed by atoms with E-state index in [4.69, 9.17) is 0 Å². The van der Waals surface area contributed by atoms with E-state index in [2.05, 4.69) is 20.7 Å². The van der Waals surface area contributed by atoms with Crippen molar-refractivity contribution in [3.05, 3.63) is 48.0 Å². The summed E-state index contributed by atoms with van der Waals surface area (Å²) in [6, 6.07) is 8.07. The molecule has 1 saturated carbocycles. The number of amides is 1. The van der Waals surface area contributed by atoms with Crippen molar-refractivity contribution >= 4 is 35.8 Å². The van der Waals surface area contributed by atoms with Crippen molar-refractivity contribution in [3.8, 4) is 5.69 Å². The fourth-order valence-electron chi connectivity index (χ4n) is 3.47. The molecular formula is C22H32FIN6O. The van der Waals surface area contributed by atoms with Crippen LogP contribution < -0.4 is 10.6 Å². The predicted octanol–water partition coefficient (Wildman–Crippen LogP) is 3.33. The van der Waals surface area contributed by atoms with E-state index in [9.17, 15) is 9.18 Å². The topological polar surface area (TPSA) is 74.5 Å². The van der Waals surface area contributed by atoms with Gasteiger partial charge in [0.15, 0.2) is 5.96 Å². The van der Waals surface area contributed by atoms with Gasteiger partial charge in [-0.1, -0.05) is 19.3 Å². The number of aromatic nitrogens is 2. The first-order valence-corrected chi connectivity index (χ1v) is 10.5. The predicted molar refractivity (Wildman–Crippen MR) is 131 cm³/mol. The van der Waals surface area contributed by atoms with Crippen molar-refractivity contribution in [2.45, 2.75) is 38.6 Å². The minimum absolute atomic E-state index is 0. The minimum atomic E-state index is -0.275. The number of hydrogen-bond acceptors (Lipinski definition) is 3. The number of carbonyl (C=O) groups excluding carboxylic acids is 1. The molecule has 1 heterocycles. The minimum Gasteiger partial charge on any atom is -0.356 e. The van der Waals surface area contributed by atoms with Crippen LogP contribution in [0, 0.1) is 11.7 Å². The van der Waals surface area contributed by atoms with E-state index in [0.717, 1.165) is 17.9 Å². The van der Waals surface area contributed by atoms with Gasteiger partial charge in [0, 0.05) is 26.8 Å². The van der Waals surface area contributed by atoms with Crippen molar-refractivity contribution in [1.82, 2.24) is 25.3 Å². The lowest BCUT2D eigenvalue weighted by Crippen LogP contribution is -2.44. The first-order valence-electron chi connectivity index (χ1n) is 10.5. The number of halogens is 2. The van der Waals surface area contributed by atoms with Gasteiger partial charge in [-0.25, -0.2) is 14.1 Å². The Bertz CT molecular complexity index is 846. The van der Waals surface area contributed by atoms with Gasteiger partial charge < -0.3 is 15.5 Å². The zero-order valence-electron chi connectivity index (χ0n) is 18.2. The van der Waals surface area contributed by atoms with Crippen LogP contribution in [-0.4, -0.2) is 53.7 Å². The lowest BCUT2D eigenvalue weighted by Gasteiger charge is -2.23. The van der Waals surface area contributed by atoms with Crippen LogP contribution in [0.25, 0.3) is 5.69 Å². The number of rotatable bonds is 7. The molecule has 1 aromatic carbocycles. The molecule has 0 spiro atoms. The van der Waals surface area contributed by atoms with Crippen LogP contribution in [-0.2, 0) is 11.3 Å². The number of nitrogens with one attached hydrogen (secondary N) is 2. The number of hydrogen-bond donors (Lipinski definition) is 2. The normalized spacial score (nSPS) is 14.6. The van der Waals surface area contributed by atoms with E-state index >= 15 is 0 Å². The lowest BCUT2D eigenvalue weighted by molar-refractivity contribution is -0.127. The van der Waals surface area contributed by atoms with Crippen molar-refractivity contribution < 1.29 is 9.18 Å². The number of carbonyl (C=O) groups is 1. The average molecular weight is 542 g/mol. The van der Waals surface area contributed by atoms with E-state index < -0.39 is 0 Å².